The lowest BCUT2D eigenvalue weighted by molar-refractivity contribution is 0.284. The van der Waals surface area contributed by atoms with Crippen LogP contribution in [0.5, 0.6) is 11.5 Å². The van der Waals surface area contributed by atoms with Crippen molar-refractivity contribution in [2.24, 2.45) is 0 Å². The molecular weight excluding hydrogens is 518 g/mol. The lowest BCUT2D eigenvalue weighted by atomic mass is 10.0. The molecule has 0 saturated carbocycles. The van der Waals surface area contributed by atoms with Gasteiger partial charge in [0, 0.05) is 14.0 Å². The predicted molar refractivity (Wildman–Crippen MR) is 124 cm³/mol. The van der Waals surface area contributed by atoms with E-state index in [4.69, 9.17) is 21.1 Å². The van der Waals surface area contributed by atoms with Crippen molar-refractivity contribution in [2.75, 3.05) is 7.11 Å². The van der Waals surface area contributed by atoms with E-state index in [0.29, 0.717) is 28.7 Å². The molecule has 6 heteroatoms. The molecule has 0 N–H and O–H groups in total. The van der Waals surface area contributed by atoms with E-state index < -0.39 is 0 Å². The van der Waals surface area contributed by atoms with Crippen molar-refractivity contribution >= 4 is 55.1 Å². The second kappa shape index (κ2) is 9.98. The molecule has 0 amide bonds. The highest BCUT2D eigenvalue weighted by atomic mass is 79.9. The molecule has 3 rings (SSSR count). The van der Waals surface area contributed by atoms with Crippen LogP contribution in [0, 0.1) is 11.3 Å². The number of halogens is 3. The Bertz CT molecular complexity index is 1070. The van der Waals surface area contributed by atoms with Crippen LogP contribution in [-0.2, 0) is 6.61 Å². The SMILES string of the molecule is COc1cc(/C=C(\C#N)c2ccc(Br)cc2)c(Br)cc1OCc1ccc(Cl)cc1. The molecule has 0 bridgehead atoms. The Balaban J connectivity index is 1.88. The summed E-state index contributed by atoms with van der Waals surface area (Å²) < 4.78 is 13.2. The van der Waals surface area contributed by atoms with Gasteiger partial charge in [-0.1, -0.05) is 67.7 Å². The zero-order valence-corrected chi connectivity index (χ0v) is 19.4. The monoisotopic (exact) mass is 531 g/mol. The molecule has 0 radical (unpaired) electrons. The zero-order valence-electron chi connectivity index (χ0n) is 15.5. The van der Waals surface area contributed by atoms with E-state index in [2.05, 4.69) is 37.9 Å². The molecule has 0 saturated heterocycles. The molecule has 0 heterocycles. The van der Waals surface area contributed by atoms with Crippen molar-refractivity contribution in [1.29, 1.82) is 5.26 Å². The summed E-state index contributed by atoms with van der Waals surface area (Å²) in [5.41, 5.74) is 3.21. The van der Waals surface area contributed by atoms with Crippen LogP contribution in [0.1, 0.15) is 16.7 Å². The van der Waals surface area contributed by atoms with E-state index in [-0.39, 0.29) is 0 Å². The topological polar surface area (TPSA) is 42.2 Å². The van der Waals surface area contributed by atoms with Crippen molar-refractivity contribution in [3.8, 4) is 17.6 Å². The fraction of sp³-hybridized carbons (Fsp3) is 0.0870. The van der Waals surface area contributed by atoms with Crippen LogP contribution < -0.4 is 9.47 Å². The molecule has 0 aliphatic carbocycles. The van der Waals surface area contributed by atoms with E-state index in [9.17, 15) is 5.26 Å². The largest absolute Gasteiger partial charge is 0.493 e. The predicted octanol–water partition coefficient (Wildman–Crippen LogP) is 7.52. The van der Waals surface area contributed by atoms with E-state index in [1.54, 1.807) is 7.11 Å². The number of hydrogen-bond acceptors (Lipinski definition) is 3. The van der Waals surface area contributed by atoms with E-state index in [0.717, 1.165) is 25.6 Å². The number of hydrogen-bond donors (Lipinski definition) is 0. The van der Waals surface area contributed by atoms with Crippen LogP contribution in [0.4, 0.5) is 0 Å². The van der Waals surface area contributed by atoms with Crippen molar-refractivity contribution in [3.63, 3.8) is 0 Å². The number of allylic oxidation sites excluding steroid dienone is 1. The fourth-order valence-electron chi connectivity index (χ4n) is 2.64. The first-order chi connectivity index (χ1) is 14.0. The summed E-state index contributed by atoms with van der Waals surface area (Å²) in [6, 6.07) is 21.0. The molecule has 3 aromatic rings. The minimum Gasteiger partial charge on any atom is -0.493 e. The first kappa shape index (κ1) is 21.4. The maximum Gasteiger partial charge on any atom is 0.162 e. The number of nitriles is 1. The van der Waals surface area contributed by atoms with Crippen LogP contribution in [0.25, 0.3) is 11.6 Å². The Morgan fingerprint density at radius 2 is 1.72 bits per heavy atom. The second-order valence-corrected chi connectivity index (χ2v) is 8.32. The van der Waals surface area contributed by atoms with Gasteiger partial charge in [-0.05, 0) is 59.2 Å². The molecule has 146 valence electrons. The molecule has 0 aromatic heterocycles. The average Bonchev–Trinajstić information content (AvgIpc) is 2.73. The maximum absolute atomic E-state index is 9.60. The number of methoxy groups -OCH3 is 1. The summed E-state index contributed by atoms with van der Waals surface area (Å²) in [5.74, 6) is 1.19. The Morgan fingerprint density at radius 1 is 1.03 bits per heavy atom. The van der Waals surface area contributed by atoms with E-state index >= 15 is 0 Å². The van der Waals surface area contributed by atoms with Gasteiger partial charge in [-0.3, -0.25) is 0 Å². The number of nitrogens with zero attached hydrogens (tertiary/aromatic N) is 1. The molecule has 0 unspecified atom stereocenters. The van der Waals surface area contributed by atoms with Crippen LogP contribution >= 0.6 is 43.5 Å². The number of ether oxygens (including phenoxy) is 2. The van der Waals surface area contributed by atoms with Gasteiger partial charge in [0.05, 0.1) is 18.8 Å². The molecule has 3 aromatic carbocycles. The van der Waals surface area contributed by atoms with Crippen molar-refractivity contribution in [2.45, 2.75) is 6.61 Å². The normalized spacial score (nSPS) is 11.1. The molecule has 29 heavy (non-hydrogen) atoms. The van der Waals surface area contributed by atoms with Gasteiger partial charge in [0.1, 0.15) is 6.61 Å². The van der Waals surface area contributed by atoms with Gasteiger partial charge in [0.25, 0.3) is 0 Å². The third kappa shape index (κ3) is 5.63. The summed E-state index contributed by atoms with van der Waals surface area (Å²) in [7, 11) is 1.59. The highest BCUT2D eigenvalue weighted by Crippen LogP contribution is 2.36. The lowest BCUT2D eigenvalue weighted by Crippen LogP contribution is -1.98. The second-order valence-electron chi connectivity index (χ2n) is 6.12. The number of rotatable bonds is 6. The molecule has 0 spiro atoms. The van der Waals surface area contributed by atoms with Crippen LogP contribution in [0.2, 0.25) is 5.02 Å². The molecule has 3 nitrogen and oxygen atoms in total. The first-order valence-electron chi connectivity index (χ1n) is 8.62. The van der Waals surface area contributed by atoms with Gasteiger partial charge in [0.15, 0.2) is 11.5 Å². The van der Waals surface area contributed by atoms with Crippen molar-refractivity contribution in [3.05, 3.63) is 91.3 Å². The van der Waals surface area contributed by atoms with Gasteiger partial charge >= 0.3 is 0 Å². The number of benzene rings is 3. The summed E-state index contributed by atoms with van der Waals surface area (Å²) in [5, 5.41) is 10.3. The minimum absolute atomic E-state index is 0.386. The summed E-state index contributed by atoms with van der Waals surface area (Å²) in [6.07, 6.45) is 1.82. The standard InChI is InChI=1S/C23H16Br2ClNO2/c1-28-22-11-17(10-18(13-27)16-4-6-19(24)7-5-16)21(25)12-23(22)29-14-15-2-8-20(26)9-3-15/h2-12H,14H2,1H3/b18-10+. The van der Waals surface area contributed by atoms with E-state index in [1.165, 1.54) is 0 Å². The van der Waals surface area contributed by atoms with Crippen molar-refractivity contribution < 1.29 is 9.47 Å². The summed E-state index contributed by atoms with van der Waals surface area (Å²) in [6.45, 7) is 0.386. The first-order valence-corrected chi connectivity index (χ1v) is 10.6. The maximum atomic E-state index is 9.60. The highest BCUT2D eigenvalue weighted by molar-refractivity contribution is 9.10. The van der Waals surface area contributed by atoms with Crippen LogP contribution in [-0.4, -0.2) is 7.11 Å². The third-order valence-corrected chi connectivity index (χ3v) is 5.63. The van der Waals surface area contributed by atoms with Gasteiger partial charge in [0.2, 0.25) is 0 Å². The Morgan fingerprint density at radius 3 is 2.34 bits per heavy atom. The van der Waals surface area contributed by atoms with Crippen LogP contribution in [0.15, 0.2) is 69.6 Å². The zero-order chi connectivity index (χ0) is 20.8. The van der Waals surface area contributed by atoms with Gasteiger partial charge in [-0.2, -0.15) is 5.26 Å². The third-order valence-electron chi connectivity index (χ3n) is 4.17. The molecule has 0 aliphatic heterocycles. The molecule has 0 atom stereocenters. The summed E-state index contributed by atoms with van der Waals surface area (Å²) in [4.78, 5) is 0. The van der Waals surface area contributed by atoms with Gasteiger partial charge in [-0.15, -0.1) is 0 Å². The van der Waals surface area contributed by atoms with Crippen LogP contribution in [0.3, 0.4) is 0 Å². The van der Waals surface area contributed by atoms with E-state index in [1.807, 2.05) is 66.7 Å². The Kier molecular flexibility index (Phi) is 7.38. The molecular formula is C23H16Br2ClNO2. The van der Waals surface area contributed by atoms with Crippen molar-refractivity contribution in [1.82, 2.24) is 0 Å². The highest BCUT2D eigenvalue weighted by Gasteiger charge is 2.11. The van der Waals surface area contributed by atoms with Gasteiger partial charge in [-0.25, -0.2) is 0 Å². The van der Waals surface area contributed by atoms with Gasteiger partial charge < -0.3 is 9.47 Å². The molecule has 0 aliphatic rings. The fourth-order valence-corrected chi connectivity index (χ4v) is 3.47. The lowest BCUT2D eigenvalue weighted by Gasteiger charge is -2.13. The quantitative estimate of drug-likeness (QED) is 0.243. The Labute approximate surface area is 191 Å². The Hall–Kier alpha value is -2.26. The average molecular weight is 534 g/mol. The summed E-state index contributed by atoms with van der Waals surface area (Å²) >= 11 is 12.9. The molecule has 0 fully saturated rings. The minimum atomic E-state index is 0.386. The smallest absolute Gasteiger partial charge is 0.162 e.